The van der Waals surface area contributed by atoms with Crippen LogP contribution in [0.4, 0.5) is 17.1 Å². The van der Waals surface area contributed by atoms with Crippen molar-refractivity contribution in [2.24, 2.45) is 0 Å². The van der Waals surface area contributed by atoms with Crippen LogP contribution in [0.1, 0.15) is 74.3 Å². The van der Waals surface area contributed by atoms with E-state index in [-0.39, 0.29) is 5.97 Å². The lowest BCUT2D eigenvalue weighted by molar-refractivity contribution is 0.0224. The molecule has 5 nitrogen and oxygen atoms in total. The predicted octanol–water partition coefficient (Wildman–Crippen LogP) is 8.69. The number of hydrogen-bond donors (Lipinski definition) is 1. The minimum absolute atomic E-state index is 0.321. The Kier molecular flexibility index (Phi) is 6.37. The fourth-order valence-electron chi connectivity index (χ4n) is 6.55. The first-order valence-corrected chi connectivity index (χ1v) is 14.5. The standard InChI is InChI=1S/C36H38N2O3/c1-9-38(10-2)26-15-16-29-33(18-26)40-32-17-20(3)31(37-34-24(7)22(5)21(4)23(6)25(34)8)19-30(32)36(29)28-14-12-11-13-27(28)35(39)41-36/h11-19,37H,9-10H2,1-8H3. The zero-order valence-electron chi connectivity index (χ0n) is 25.3. The summed E-state index contributed by atoms with van der Waals surface area (Å²) in [5, 5.41) is 3.77. The van der Waals surface area contributed by atoms with E-state index in [1.54, 1.807) is 0 Å². The summed E-state index contributed by atoms with van der Waals surface area (Å²) in [5.41, 5.74) is 12.6. The van der Waals surface area contributed by atoms with Crippen LogP contribution in [-0.4, -0.2) is 19.1 Å². The second-order valence-corrected chi connectivity index (χ2v) is 11.4. The molecule has 0 radical (unpaired) electrons. The quantitative estimate of drug-likeness (QED) is 0.254. The number of nitrogens with zero attached hydrogens (tertiary/aromatic N) is 1. The fraction of sp³-hybridized carbons (Fsp3) is 0.306. The monoisotopic (exact) mass is 546 g/mol. The minimum Gasteiger partial charge on any atom is -0.456 e. The van der Waals surface area contributed by atoms with Gasteiger partial charge in [0.1, 0.15) is 11.5 Å². The smallest absolute Gasteiger partial charge is 0.340 e. The van der Waals surface area contributed by atoms with E-state index in [9.17, 15) is 4.79 Å². The average Bonchev–Trinajstić information content (AvgIpc) is 3.27. The van der Waals surface area contributed by atoms with Crippen molar-refractivity contribution in [3.63, 3.8) is 0 Å². The van der Waals surface area contributed by atoms with Crippen LogP contribution in [0.2, 0.25) is 0 Å². The number of hydrogen-bond acceptors (Lipinski definition) is 5. The summed E-state index contributed by atoms with van der Waals surface area (Å²) in [6, 6.07) is 18.1. The lowest BCUT2D eigenvalue weighted by atomic mass is 9.77. The molecule has 0 aliphatic carbocycles. The lowest BCUT2D eigenvalue weighted by Gasteiger charge is -2.38. The molecule has 2 aliphatic rings. The van der Waals surface area contributed by atoms with E-state index < -0.39 is 5.60 Å². The number of anilines is 3. The molecule has 1 spiro atoms. The van der Waals surface area contributed by atoms with Crippen molar-refractivity contribution in [1.29, 1.82) is 0 Å². The minimum atomic E-state index is -1.11. The topological polar surface area (TPSA) is 50.8 Å². The van der Waals surface area contributed by atoms with Crippen LogP contribution in [0, 0.1) is 41.5 Å². The highest BCUT2D eigenvalue weighted by atomic mass is 16.6. The molecule has 0 saturated carbocycles. The maximum atomic E-state index is 13.4. The van der Waals surface area contributed by atoms with Gasteiger partial charge < -0.3 is 19.7 Å². The first kappa shape index (κ1) is 26.9. The molecular formula is C36H38N2O3. The molecular weight excluding hydrogens is 508 g/mol. The molecule has 0 aromatic heterocycles. The maximum Gasteiger partial charge on any atom is 0.340 e. The number of carbonyl (C=O) groups is 1. The number of benzene rings is 4. The SMILES string of the molecule is CCN(CC)c1ccc2c(c1)Oc1cc(C)c(Nc3c(C)c(C)c(C)c(C)c3C)cc1C21OC(=O)c2ccccc21. The first-order chi connectivity index (χ1) is 19.6. The highest BCUT2D eigenvalue weighted by Crippen LogP contribution is 2.57. The fourth-order valence-corrected chi connectivity index (χ4v) is 6.55. The Morgan fingerprint density at radius 3 is 2.05 bits per heavy atom. The van der Waals surface area contributed by atoms with Crippen LogP contribution < -0.4 is 15.0 Å². The molecule has 1 atom stereocenters. The van der Waals surface area contributed by atoms with Gasteiger partial charge in [0.05, 0.1) is 5.56 Å². The molecule has 210 valence electrons. The molecule has 41 heavy (non-hydrogen) atoms. The van der Waals surface area contributed by atoms with Gasteiger partial charge in [0, 0.05) is 52.9 Å². The number of esters is 1. The van der Waals surface area contributed by atoms with Gasteiger partial charge in [-0.3, -0.25) is 0 Å². The van der Waals surface area contributed by atoms with Gasteiger partial charge >= 0.3 is 5.97 Å². The van der Waals surface area contributed by atoms with Crippen molar-refractivity contribution in [1.82, 2.24) is 0 Å². The average molecular weight is 547 g/mol. The summed E-state index contributed by atoms with van der Waals surface area (Å²) in [4.78, 5) is 15.7. The molecule has 0 saturated heterocycles. The first-order valence-electron chi connectivity index (χ1n) is 14.5. The van der Waals surface area contributed by atoms with Crippen molar-refractivity contribution in [3.05, 3.63) is 110 Å². The van der Waals surface area contributed by atoms with Crippen LogP contribution in [0.25, 0.3) is 0 Å². The molecule has 4 aromatic rings. The van der Waals surface area contributed by atoms with E-state index in [0.29, 0.717) is 17.1 Å². The summed E-state index contributed by atoms with van der Waals surface area (Å²) in [6.07, 6.45) is 0. The molecule has 2 heterocycles. The van der Waals surface area contributed by atoms with Crippen LogP contribution in [-0.2, 0) is 10.3 Å². The second-order valence-electron chi connectivity index (χ2n) is 11.4. The number of fused-ring (bicyclic) bond motifs is 6. The van der Waals surface area contributed by atoms with Crippen molar-refractivity contribution >= 4 is 23.0 Å². The van der Waals surface area contributed by atoms with Crippen LogP contribution >= 0.6 is 0 Å². The number of aryl methyl sites for hydroxylation is 1. The lowest BCUT2D eigenvalue weighted by Crippen LogP contribution is -2.33. The van der Waals surface area contributed by atoms with Crippen molar-refractivity contribution in [2.45, 2.75) is 61.0 Å². The van der Waals surface area contributed by atoms with E-state index in [4.69, 9.17) is 9.47 Å². The Labute approximate surface area is 243 Å². The third kappa shape index (κ3) is 3.86. The van der Waals surface area contributed by atoms with E-state index >= 15 is 0 Å². The third-order valence-electron chi connectivity index (χ3n) is 9.43. The van der Waals surface area contributed by atoms with Crippen molar-refractivity contribution in [3.8, 4) is 11.5 Å². The zero-order valence-corrected chi connectivity index (χ0v) is 25.3. The number of carbonyl (C=O) groups excluding carboxylic acids is 1. The summed E-state index contributed by atoms with van der Waals surface area (Å²) in [6.45, 7) is 19.1. The highest BCUT2D eigenvalue weighted by molar-refractivity contribution is 5.97. The van der Waals surface area contributed by atoms with Crippen molar-refractivity contribution < 1.29 is 14.3 Å². The number of rotatable bonds is 5. The Morgan fingerprint density at radius 1 is 0.732 bits per heavy atom. The summed E-state index contributed by atoms with van der Waals surface area (Å²) in [5.74, 6) is 1.09. The molecule has 0 bridgehead atoms. The molecule has 4 aromatic carbocycles. The van der Waals surface area contributed by atoms with E-state index in [2.05, 4.69) is 95.9 Å². The molecule has 1 unspecified atom stereocenters. The van der Waals surface area contributed by atoms with Gasteiger partial charge in [-0.15, -0.1) is 0 Å². The van der Waals surface area contributed by atoms with Gasteiger partial charge in [-0.25, -0.2) is 4.79 Å². The second kappa shape index (κ2) is 9.69. The van der Waals surface area contributed by atoms with E-state index in [1.807, 2.05) is 24.3 Å². The van der Waals surface area contributed by atoms with Gasteiger partial charge in [-0.2, -0.15) is 0 Å². The van der Waals surface area contributed by atoms with Crippen LogP contribution in [0.3, 0.4) is 0 Å². The predicted molar refractivity (Wildman–Crippen MR) is 166 cm³/mol. The molecule has 2 aliphatic heterocycles. The third-order valence-corrected chi connectivity index (χ3v) is 9.43. The van der Waals surface area contributed by atoms with Gasteiger partial charge in [-0.1, -0.05) is 18.2 Å². The molecule has 0 amide bonds. The van der Waals surface area contributed by atoms with E-state index in [0.717, 1.165) is 52.4 Å². The Balaban J connectivity index is 1.58. The summed E-state index contributed by atoms with van der Waals surface area (Å²) >= 11 is 0. The zero-order chi connectivity index (χ0) is 29.2. The maximum absolute atomic E-state index is 13.4. The van der Waals surface area contributed by atoms with Gasteiger partial charge in [0.15, 0.2) is 5.60 Å². The van der Waals surface area contributed by atoms with E-state index in [1.165, 1.54) is 27.8 Å². The molecule has 5 heteroatoms. The van der Waals surface area contributed by atoms with Gasteiger partial charge in [0.25, 0.3) is 0 Å². The Bertz CT molecular complexity index is 1700. The number of ether oxygens (including phenoxy) is 2. The number of nitrogens with one attached hydrogen (secondary N) is 1. The summed E-state index contributed by atoms with van der Waals surface area (Å²) < 4.78 is 13.1. The molecule has 1 N–H and O–H groups in total. The molecule has 0 fully saturated rings. The Morgan fingerprint density at radius 2 is 1.37 bits per heavy atom. The Hall–Kier alpha value is -4.25. The highest BCUT2D eigenvalue weighted by Gasteiger charge is 2.53. The normalized spacial score (nSPS) is 16.5. The molecule has 6 rings (SSSR count). The summed E-state index contributed by atoms with van der Waals surface area (Å²) in [7, 11) is 0. The van der Waals surface area contributed by atoms with Crippen LogP contribution in [0.15, 0.2) is 54.6 Å². The van der Waals surface area contributed by atoms with Crippen LogP contribution in [0.5, 0.6) is 11.5 Å². The van der Waals surface area contributed by atoms with Gasteiger partial charge in [0.2, 0.25) is 0 Å². The van der Waals surface area contributed by atoms with Crippen molar-refractivity contribution in [2.75, 3.05) is 23.3 Å². The largest absolute Gasteiger partial charge is 0.456 e. The van der Waals surface area contributed by atoms with Gasteiger partial charge in [-0.05, 0) is 119 Å².